The van der Waals surface area contributed by atoms with Crippen LogP contribution in [0.3, 0.4) is 0 Å². The molecule has 0 radical (unpaired) electrons. The van der Waals surface area contributed by atoms with Crippen LogP contribution in [0.25, 0.3) is 10.8 Å². The zero-order valence-electron chi connectivity index (χ0n) is 14.3. The SMILES string of the molecule is C[C@H](c1cccc2ccccc12)N(C)Cc1ccc([N+](=O)[O-])cc1.Cl. The molecule has 0 amide bonds. The van der Waals surface area contributed by atoms with Crippen molar-refractivity contribution in [2.24, 2.45) is 0 Å². The second-order valence-corrected chi connectivity index (χ2v) is 6.08. The van der Waals surface area contributed by atoms with E-state index in [0.29, 0.717) is 0 Å². The summed E-state index contributed by atoms with van der Waals surface area (Å²) in [6, 6.07) is 21.8. The number of fused-ring (bicyclic) bond motifs is 1. The normalized spacial score (nSPS) is 12.0. The minimum Gasteiger partial charge on any atom is -0.295 e. The molecule has 25 heavy (non-hydrogen) atoms. The lowest BCUT2D eigenvalue weighted by atomic mass is 9.98. The first kappa shape index (κ1) is 18.9. The fourth-order valence-electron chi connectivity index (χ4n) is 3.00. The van der Waals surface area contributed by atoms with Gasteiger partial charge in [-0.2, -0.15) is 0 Å². The van der Waals surface area contributed by atoms with Crippen LogP contribution in [-0.2, 0) is 6.54 Å². The van der Waals surface area contributed by atoms with E-state index < -0.39 is 0 Å². The number of benzene rings is 3. The zero-order valence-corrected chi connectivity index (χ0v) is 15.1. The summed E-state index contributed by atoms with van der Waals surface area (Å²) in [6.45, 7) is 2.93. The first-order valence-corrected chi connectivity index (χ1v) is 7.97. The molecule has 5 heteroatoms. The molecule has 0 spiro atoms. The summed E-state index contributed by atoms with van der Waals surface area (Å²) in [6.07, 6.45) is 0. The van der Waals surface area contributed by atoms with Crippen molar-refractivity contribution in [3.8, 4) is 0 Å². The smallest absolute Gasteiger partial charge is 0.269 e. The van der Waals surface area contributed by atoms with Gasteiger partial charge in [-0.3, -0.25) is 15.0 Å². The molecule has 3 aromatic rings. The van der Waals surface area contributed by atoms with E-state index in [-0.39, 0.29) is 29.1 Å². The van der Waals surface area contributed by atoms with Gasteiger partial charge in [0, 0.05) is 24.7 Å². The maximum atomic E-state index is 10.7. The number of hydrogen-bond acceptors (Lipinski definition) is 3. The number of halogens is 1. The molecule has 0 fully saturated rings. The van der Waals surface area contributed by atoms with Gasteiger partial charge in [0.05, 0.1) is 4.92 Å². The van der Waals surface area contributed by atoms with E-state index in [4.69, 9.17) is 0 Å². The highest BCUT2D eigenvalue weighted by atomic mass is 35.5. The Morgan fingerprint density at radius 2 is 1.64 bits per heavy atom. The molecule has 1 atom stereocenters. The lowest BCUT2D eigenvalue weighted by Gasteiger charge is -2.26. The van der Waals surface area contributed by atoms with Gasteiger partial charge in [0.25, 0.3) is 5.69 Å². The highest BCUT2D eigenvalue weighted by molar-refractivity contribution is 5.86. The Labute approximate surface area is 153 Å². The second kappa shape index (κ2) is 8.10. The van der Waals surface area contributed by atoms with Crippen LogP contribution in [0.15, 0.2) is 66.7 Å². The number of nitro benzene ring substituents is 1. The molecule has 0 aliphatic carbocycles. The molecule has 0 heterocycles. The summed E-state index contributed by atoms with van der Waals surface area (Å²) < 4.78 is 0. The summed E-state index contributed by atoms with van der Waals surface area (Å²) in [4.78, 5) is 12.6. The predicted molar refractivity (Wildman–Crippen MR) is 104 cm³/mol. The van der Waals surface area contributed by atoms with E-state index in [1.165, 1.54) is 16.3 Å². The van der Waals surface area contributed by atoms with Gasteiger partial charge in [-0.15, -0.1) is 12.4 Å². The third kappa shape index (κ3) is 4.16. The fourth-order valence-corrected chi connectivity index (χ4v) is 3.00. The number of nitro groups is 1. The summed E-state index contributed by atoms with van der Waals surface area (Å²) in [5, 5.41) is 13.3. The number of hydrogen-bond donors (Lipinski definition) is 0. The lowest BCUT2D eigenvalue weighted by Crippen LogP contribution is -2.22. The van der Waals surface area contributed by atoms with Crippen LogP contribution < -0.4 is 0 Å². The first-order valence-electron chi connectivity index (χ1n) is 7.97. The van der Waals surface area contributed by atoms with Gasteiger partial charge in [0.2, 0.25) is 0 Å². The van der Waals surface area contributed by atoms with Crippen LogP contribution in [-0.4, -0.2) is 16.9 Å². The Kier molecular flexibility index (Phi) is 6.12. The average Bonchev–Trinajstić information content (AvgIpc) is 2.61. The largest absolute Gasteiger partial charge is 0.295 e. The van der Waals surface area contributed by atoms with Crippen molar-refractivity contribution in [1.82, 2.24) is 4.90 Å². The van der Waals surface area contributed by atoms with Crippen molar-refractivity contribution in [2.45, 2.75) is 19.5 Å². The molecule has 0 N–H and O–H groups in total. The van der Waals surface area contributed by atoms with Crippen LogP contribution in [0, 0.1) is 10.1 Å². The summed E-state index contributed by atoms with van der Waals surface area (Å²) >= 11 is 0. The third-order valence-corrected chi connectivity index (χ3v) is 4.51. The topological polar surface area (TPSA) is 46.4 Å². The Hall–Kier alpha value is -2.43. The summed E-state index contributed by atoms with van der Waals surface area (Å²) in [7, 11) is 2.08. The molecule has 0 unspecified atom stereocenters. The lowest BCUT2D eigenvalue weighted by molar-refractivity contribution is -0.384. The van der Waals surface area contributed by atoms with Crippen molar-refractivity contribution < 1.29 is 4.92 Å². The maximum absolute atomic E-state index is 10.7. The molecular weight excluding hydrogens is 336 g/mol. The van der Waals surface area contributed by atoms with Gasteiger partial charge >= 0.3 is 0 Å². The van der Waals surface area contributed by atoms with Crippen molar-refractivity contribution >= 4 is 28.9 Å². The van der Waals surface area contributed by atoms with Gasteiger partial charge in [0.15, 0.2) is 0 Å². The first-order chi connectivity index (χ1) is 11.6. The summed E-state index contributed by atoms with van der Waals surface area (Å²) in [5.41, 5.74) is 2.48. The van der Waals surface area contributed by atoms with Crippen LogP contribution in [0.2, 0.25) is 0 Å². The molecule has 0 bridgehead atoms. The van der Waals surface area contributed by atoms with Gasteiger partial charge in [-0.05, 0) is 35.9 Å². The molecule has 130 valence electrons. The Bertz CT molecular complexity index is 860. The molecule has 0 aliphatic heterocycles. The monoisotopic (exact) mass is 356 g/mol. The minimum absolute atomic E-state index is 0. The van der Waals surface area contributed by atoms with E-state index in [9.17, 15) is 10.1 Å². The van der Waals surface area contributed by atoms with Crippen LogP contribution in [0.1, 0.15) is 24.1 Å². The highest BCUT2D eigenvalue weighted by Gasteiger charge is 2.15. The molecule has 3 aromatic carbocycles. The average molecular weight is 357 g/mol. The fraction of sp³-hybridized carbons (Fsp3) is 0.200. The Morgan fingerprint density at radius 3 is 2.32 bits per heavy atom. The predicted octanol–water partition coefficient (Wildman–Crippen LogP) is 5.36. The van der Waals surface area contributed by atoms with Crippen molar-refractivity contribution in [1.29, 1.82) is 0 Å². The van der Waals surface area contributed by atoms with Crippen LogP contribution in [0.5, 0.6) is 0 Å². The highest BCUT2D eigenvalue weighted by Crippen LogP contribution is 2.28. The van der Waals surface area contributed by atoms with Crippen LogP contribution >= 0.6 is 12.4 Å². The molecule has 0 aliphatic rings. The Balaban J connectivity index is 0.00000225. The quantitative estimate of drug-likeness (QED) is 0.456. The maximum Gasteiger partial charge on any atom is 0.269 e. The zero-order chi connectivity index (χ0) is 17.1. The standard InChI is InChI=1S/C20H20N2O2.ClH/c1-15(19-9-5-7-17-6-3-4-8-20(17)19)21(2)14-16-10-12-18(13-11-16)22(23)24;/h3-13,15H,14H2,1-2H3;1H/t15-;/m1./s1. The van der Waals surface area contributed by atoms with Crippen LogP contribution in [0.4, 0.5) is 5.69 Å². The van der Waals surface area contributed by atoms with Crippen molar-refractivity contribution in [3.05, 3.63) is 88.0 Å². The number of nitrogens with zero attached hydrogens (tertiary/aromatic N) is 2. The van der Waals surface area contributed by atoms with Gasteiger partial charge in [-0.25, -0.2) is 0 Å². The van der Waals surface area contributed by atoms with E-state index >= 15 is 0 Å². The molecule has 0 saturated heterocycles. The second-order valence-electron chi connectivity index (χ2n) is 6.08. The number of rotatable bonds is 5. The molecule has 0 aromatic heterocycles. The van der Waals surface area contributed by atoms with Gasteiger partial charge in [0.1, 0.15) is 0 Å². The minimum atomic E-state index is -0.369. The molecule has 3 rings (SSSR count). The van der Waals surface area contributed by atoms with Crippen molar-refractivity contribution in [2.75, 3.05) is 7.05 Å². The van der Waals surface area contributed by atoms with Gasteiger partial charge < -0.3 is 0 Å². The molecule has 4 nitrogen and oxygen atoms in total. The molecular formula is C20H21ClN2O2. The van der Waals surface area contributed by atoms with E-state index in [1.807, 2.05) is 12.1 Å². The molecule has 0 saturated carbocycles. The Morgan fingerprint density at radius 1 is 1.00 bits per heavy atom. The van der Waals surface area contributed by atoms with E-state index in [0.717, 1.165) is 12.1 Å². The van der Waals surface area contributed by atoms with E-state index in [2.05, 4.69) is 61.3 Å². The number of non-ortho nitro benzene ring substituents is 1. The summed E-state index contributed by atoms with van der Waals surface area (Å²) in [5.74, 6) is 0. The third-order valence-electron chi connectivity index (χ3n) is 4.51. The van der Waals surface area contributed by atoms with Gasteiger partial charge in [-0.1, -0.05) is 54.6 Å². The van der Waals surface area contributed by atoms with Crippen molar-refractivity contribution in [3.63, 3.8) is 0 Å². The van der Waals surface area contributed by atoms with E-state index in [1.54, 1.807) is 12.1 Å².